The van der Waals surface area contributed by atoms with Crippen LogP contribution in [-0.4, -0.2) is 11.0 Å². The Kier molecular flexibility index (Phi) is 3.50. The van der Waals surface area contributed by atoms with Crippen LogP contribution in [0, 0.1) is 0 Å². The molecule has 2 heterocycles. The maximum atomic E-state index is 11.8. The average Bonchev–Trinajstić information content (AvgIpc) is 2.94. The third-order valence-electron chi connectivity index (χ3n) is 2.36. The van der Waals surface area contributed by atoms with E-state index in [4.69, 9.17) is 0 Å². The number of carbonyl (C=O) groups is 1. The summed E-state index contributed by atoms with van der Waals surface area (Å²) in [5, 5.41) is 8.00. The second-order valence-corrected chi connectivity index (χ2v) is 7.19. The number of aromatic nitrogens is 1. The van der Waals surface area contributed by atoms with E-state index in [1.807, 2.05) is 30.3 Å². The summed E-state index contributed by atoms with van der Waals surface area (Å²) < 4.78 is 2.03. The van der Waals surface area contributed by atoms with Gasteiger partial charge in [0, 0.05) is 4.70 Å². The quantitative estimate of drug-likeness (QED) is 0.697. The van der Waals surface area contributed by atoms with Crippen molar-refractivity contribution in [2.24, 2.45) is 0 Å². The summed E-state index contributed by atoms with van der Waals surface area (Å²) in [4.78, 5) is 15.8. The first-order valence-electron chi connectivity index (χ1n) is 5.38. The van der Waals surface area contributed by atoms with Crippen LogP contribution in [0.5, 0.6) is 0 Å². The van der Waals surface area contributed by atoms with Gasteiger partial charge in [0.15, 0.2) is 5.13 Å². The van der Waals surface area contributed by atoms with Gasteiger partial charge in [0.1, 0.15) is 0 Å². The minimum absolute atomic E-state index is 0.284. The molecule has 19 heavy (non-hydrogen) atoms. The van der Waals surface area contributed by atoms with Crippen LogP contribution < -0.4 is 10.6 Å². The summed E-state index contributed by atoms with van der Waals surface area (Å²) >= 11 is 6.21. The summed E-state index contributed by atoms with van der Waals surface area (Å²) in [7, 11) is 0. The Balaban J connectivity index is 1.72. The highest BCUT2D eigenvalue weighted by Gasteiger charge is 2.08. The molecular weight excluding hydrogens is 346 g/mol. The monoisotopic (exact) mass is 353 g/mol. The van der Waals surface area contributed by atoms with Gasteiger partial charge in [-0.25, -0.2) is 9.78 Å². The number of thiazole rings is 1. The van der Waals surface area contributed by atoms with Crippen LogP contribution in [0.1, 0.15) is 0 Å². The van der Waals surface area contributed by atoms with Gasteiger partial charge in [0.05, 0.1) is 15.0 Å². The minimum atomic E-state index is -0.284. The predicted molar refractivity (Wildman–Crippen MR) is 84.3 cm³/mol. The number of hydrogen-bond donors (Lipinski definition) is 2. The Morgan fingerprint density at radius 1 is 1.21 bits per heavy atom. The van der Waals surface area contributed by atoms with E-state index in [1.54, 1.807) is 17.5 Å². The highest BCUT2D eigenvalue weighted by molar-refractivity contribution is 9.11. The number of benzene rings is 1. The number of nitrogens with one attached hydrogen (secondary N) is 2. The number of fused-ring (bicyclic) bond motifs is 1. The molecule has 0 aliphatic heterocycles. The van der Waals surface area contributed by atoms with Crippen LogP contribution in [0.4, 0.5) is 14.9 Å². The lowest BCUT2D eigenvalue weighted by Gasteiger charge is -2.01. The van der Waals surface area contributed by atoms with Gasteiger partial charge in [0.2, 0.25) is 0 Å². The first-order valence-corrected chi connectivity index (χ1v) is 7.81. The van der Waals surface area contributed by atoms with E-state index in [-0.39, 0.29) is 6.03 Å². The fourth-order valence-electron chi connectivity index (χ4n) is 1.60. The first-order chi connectivity index (χ1) is 9.20. The SMILES string of the molecule is O=C(Nc1cc2ccccc2s1)Nc1ncc(Br)s1. The molecule has 0 bridgehead atoms. The lowest BCUT2D eigenvalue weighted by Crippen LogP contribution is -2.18. The Morgan fingerprint density at radius 3 is 2.79 bits per heavy atom. The molecule has 4 nitrogen and oxygen atoms in total. The zero-order chi connectivity index (χ0) is 13.2. The van der Waals surface area contributed by atoms with Crippen molar-refractivity contribution < 1.29 is 4.79 Å². The molecule has 0 aliphatic carbocycles. The maximum absolute atomic E-state index is 11.8. The van der Waals surface area contributed by atoms with Crippen LogP contribution in [0.15, 0.2) is 40.3 Å². The fourth-order valence-corrected chi connectivity index (χ4v) is 3.66. The molecule has 0 fully saturated rings. The Labute approximate surface area is 125 Å². The van der Waals surface area contributed by atoms with Gasteiger partial charge in [-0.05, 0) is 33.4 Å². The van der Waals surface area contributed by atoms with Gasteiger partial charge >= 0.3 is 6.03 Å². The normalized spacial score (nSPS) is 10.6. The van der Waals surface area contributed by atoms with Crippen LogP contribution in [0.3, 0.4) is 0 Å². The summed E-state index contributed by atoms with van der Waals surface area (Å²) in [5.74, 6) is 0. The summed E-state index contributed by atoms with van der Waals surface area (Å²) in [6, 6.07) is 9.68. The number of carbonyl (C=O) groups excluding carboxylic acids is 1. The van der Waals surface area contributed by atoms with Crippen molar-refractivity contribution in [1.82, 2.24) is 4.98 Å². The number of thiophene rings is 1. The minimum Gasteiger partial charge on any atom is -0.299 e. The zero-order valence-electron chi connectivity index (χ0n) is 9.51. The van der Waals surface area contributed by atoms with Gasteiger partial charge in [0.25, 0.3) is 0 Å². The number of rotatable bonds is 2. The van der Waals surface area contributed by atoms with Crippen LogP contribution >= 0.6 is 38.6 Å². The molecule has 2 aromatic heterocycles. The van der Waals surface area contributed by atoms with Crippen LogP contribution in [0.2, 0.25) is 0 Å². The van der Waals surface area contributed by atoms with Gasteiger partial charge in [-0.3, -0.25) is 10.6 Å². The second kappa shape index (κ2) is 5.28. The molecule has 0 aliphatic rings. The van der Waals surface area contributed by atoms with Crippen molar-refractivity contribution in [2.45, 2.75) is 0 Å². The molecule has 7 heteroatoms. The maximum Gasteiger partial charge on any atom is 0.326 e. The third kappa shape index (κ3) is 2.94. The standard InChI is InChI=1S/C12H8BrN3OS2/c13-9-6-14-12(19-9)16-11(17)15-10-5-7-3-1-2-4-8(7)18-10/h1-6H,(H2,14,15,16,17). The molecule has 0 saturated carbocycles. The highest BCUT2D eigenvalue weighted by atomic mass is 79.9. The van der Waals surface area contributed by atoms with E-state index in [9.17, 15) is 4.79 Å². The highest BCUT2D eigenvalue weighted by Crippen LogP contribution is 2.29. The van der Waals surface area contributed by atoms with Gasteiger partial charge in [-0.15, -0.1) is 11.3 Å². The molecule has 3 aromatic rings. The van der Waals surface area contributed by atoms with Crippen LogP contribution in [0.25, 0.3) is 10.1 Å². The lowest BCUT2D eigenvalue weighted by molar-refractivity contribution is 0.262. The molecule has 2 N–H and O–H groups in total. The van der Waals surface area contributed by atoms with Crippen molar-refractivity contribution in [1.29, 1.82) is 0 Å². The third-order valence-corrected chi connectivity index (χ3v) is 4.78. The molecule has 0 spiro atoms. The average molecular weight is 354 g/mol. The Hall–Kier alpha value is -1.44. The van der Waals surface area contributed by atoms with E-state index in [2.05, 4.69) is 31.5 Å². The number of hydrogen-bond acceptors (Lipinski definition) is 4. The predicted octanol–water partition coefficient (Wildman–Crippen LogP) is 4.76. The number of nitrogens with zero attached hydrogens (tertiary/aromatic N) is 1. The molecule has 0 atom stereocenters. The van der Waals surface area contributed by atoms with E-state index in [0.29, 0.717) is 5.13 Å². The van der Waals surface area contributed by atoms with E-state index < -0.39 is 0 Å². The first kappa shape index (κ1) is 12.6. The van der Waals surface area contributed by atoms with E-state index in [0.717, 1.165) is 18.9 Å². The topological polar surface area (TPSA) is 54.0 Å². The van der Waals surface area contributed by atoms with E-state index in [1.165, 1.54) is 11.3 Å². The smallest absolute Gasteiger partial charge is 0.299 e. The molecule has 96 valence electrons. The van der Waals surface area contributed by atoms with Crippen molar-refractivity contribution in [3.8, 4) is 0 Å². The van der Waals surface area contributed by atoms with Crippen molar-refractivity contribution in [3.05, 3.63) is 40.3 Å². The number of urea groups is 1. The molecule has 2 amide bonds. The van der Waals surface area contributed by atoms with E-state index >= 15 is 0 Å². The number of amides is 2. The van der Waals surface area contributed by atoms with Crippen molar-refractivity contribution in [3.63, 3.8) is 0 Å². The molecule has 0 unspecified atom stereocenters. The van der Waals surface area contributed by atoms with Gasteiger partial charge in [-0.1, -0.05) is 29.5 Å². The summed E-state index contributed by atoms with van der Waals surface area (Å²) in [6.45, 7) is 0. The Morgan fingerprint density at radius 2 is 2.05 bits per heavy atom. The molecule has 0 radical (unpaired) electrons. The Bertz CT molecular complexity index is 704. The summed E-state index contributed by atoms with van der Waals surface area (Å²) in [6.07, 6.45) is 1.65. The molecular formula is C12H8BrN3OS2. The number of anilines is 2. The van der Waals surface area contributed by atoms with Gasteiger partial charge < -0.3 is 0 Å². The van der Waals surface area contributed by atoms with Crippen molar-refractivity contribution in [2.75, 3.05) is 10.6 Å². The largest absolute Gasteiger partial charge is 0.326 e. The van der Waals surface area contributed by atoms with Crippen LogP contribution in [-0.2, 0) is 0 Å². The zero-order valence-corrected chi connectivity index (χ0v) is 12.7. The molecule has 3 rings (SSSR count). The molecule has 1 aromatic carbocycles. The molecule has 0 saturated heterocycles. The fraction of sp³-hybridized carbons (Fsp3) is 0. The van der Waals surface area contributed by atoms with Crippen molar-refractivity contribution >= 4 is 64.9 Å². The summed E-state index contributed by atoms with van der Waals surface area (Å²) in [5.41, 5.74) is 0. The second-order valence-electron chi connectivity index (χ2n) is 3.70. The number of halogens is 1. The van der Waals surface area contributed by atoms with Gasteiger partial charge in [-0.2, -0.15) is 0 Å². The lowest BCUT2D eigenvalue weighted by atomic mass is 10.3.